The van der Waals surface area contributed by atoms with Gasteiger partial charge < -0.3 is 4.74 Å². The Morgan fingerprint density at radius 2 is 1.70 bits per heavy atom. The number of benzene rings is 2. The van der Waals surface area contributed by atoms with Crippen molar-refractivity contribution >= 4 is 17.3 Å². The second kappa shape index (κ2) is 10.1. The number of ether oxygens (including phenoxy) is 1. The molecule has 2 aromatic rings. The lowest BCUT2D eigenvalue weighted by Crippen LogP contribution is -2.25. The third-order valence-electron chi connectivity index (χ3n) is 5.28. The van der Waals surface area contributed by atoms with E-state index in [-0.39, 0.29) is 30.1 Å². The molecule has 0 unspecified atom stereocenters. The number of nitro groups is 1. The largest absolute Gasteiger partial charge is 0.493 e. The second-order valence-electron chi connectivity index (χ2n) is 8.26. The van der Waals surface area contributed by atoms with Gasteiger partial charge in [0, 0.05) is 36.0 Å². The van der Waals surface area contributed by atoms with E-state index in [0.29, 0.717) is 18.6 Å². The van der Waals surface area contributed by atoms with Crippen LogP contribution in [-0.2, 0) is 4.79 Å². The van der Waals surface area contributed by atoms with Crippen molar-refractivity contribution in [1.82, 2.24) is 0 Å². The van der Waals surface area contributed by atoms with Crippen molar-refractivity contribution in [1.29, 1.82) is 0 Å². The van der Waals surface area contributed by atoms with Crippen LogP contribution in [0.3, 0.4) is 0 Å². The van der Waals surface area contributed by atoms with E-state index in [1.807, 2.05) is 45.9 Å². The van der Waals surface area contributed by atoms with Crippen LogP contribution >= 0.6 is 0 Å². The van der Waals surface area contributed by atoms with Gasteiger partial charge in [-0.25, -0.2) is 0 Å². The molecule has 0 amide bonds. The minimum atomic E-state index is -0.541. The fourth-order valence-corrected chi connectivity index (χ4v) is 3.18. The van der Waals surface area contributed by atoms with Crippen LogP contribution in [0.15, 0.2) is 42.5 Å². The van der Waals surface area contributed by atoms with Crippen LogP contribution in [0.2, 0.25) is 0 Å². The van der Waals surface area contributed by atoms with E-state index in [1.165, 1.54) is 24.3 Å². The monoisotopic (exact) mass is 411 g/mol. The molecule has 0 aliphatic heterocycles. The minimum Gasteiger partial charge on any atom is -0.493 e. The minimum absolute atomic E-state index is 0.0319. The lowest BCUT2D eigenvalue weighted by atomic mass is 9.81. The van der Waals surface area contributed by atoms with Crippen molar-refractivity contribution in [3.05, 3.63) is 69.3 Å². The summed E-state index contributed by atoms with van der Waals surface area (Å²) in [5.74, 6) is 0.713. The van der Waals surface area contributed by atoms with Crippen LogP contribution in [0.25, 0.3) is 0 Å². The van der Waals surface area contributed by atoms with Crippen LogP contribution in [0.1, 0.15) is 61.0 Å². The van der Waals surface area contributed by atoms with Gasteiger partial charge in [0.05, 0.1) is 11.5 Å². The molecule has 30 heavy (non-hydrogen) atoms. The number of non-ortho nitro benzene ring substituents is 1. The fraction of sp³-hybridized carbons (Fsp3) is 0.417. The van der Waals surface area contributed by atoms with Crippen molar-refractivity contribution in [2.24, 2.45) is 5.41 Å². The van der Waals surface area contributed by atoms with Crippen LogP contribution < -0.4 is 4.74 Å². The number of nitro benzene ring substituents is 1. The molecule has 2 rings (SSSR count). The van der Waals surface area contributed by atoms with Gasteiger partial charge >= 0.3 is 0 Å². The quantitative estimate of drug-likeness (QED) is 0.207. The highest BCUT2D eigenvalue weighted by atomic mass is 16.6. The van der Waals surface area contributed by atoms with Gasteiger partial charge in [-0.1, -0.05) is 26.0 Å². The highest BCUT2D eigenvalue weighted by Gasteiger charge is 2.27. The summed E-state index contributed by atoms with van der Waals surface area (Å²) in [6, 6.07) is 11.5. The molecule has 0 radical (unpaired) electrons. The van der Waals surface area contributed by atoms with Crippen molar-refractivity contribution in [2.45, 2.75) is 53.4 Å². The third-order valence-corrected chi connectivity index (χ3v) is 5.28. The maximum atomic E-state index is 12.6. The standard InChI is InChI=1S/C24H29NO5/c1-17-6-7-18(2)22(16-17)30-15-5-14-24(3,4)23(27)13-12-21(26)19-8-10-20(11-9-19)25(28)29/h6-11,16H,5,12-15H2,1-4H3. The first-order valence-electron chi connectivity index (χ1n) is 10.1. The molecule has 2 aromatic carbocycles. The molecule has 0 heterocycles. The Hall–Kier alpha value is -3.02. The van der Waals surface area contributed by atoms with Gasteiger partial charge in [0.25, 0.3) is 5.69 Å². The van der Waals surface area contributed by atoms with E-state index in [9.17, 15) is 19.7 Å². The van der Waals surface area contributed by atoms with Crippen LogP contribution in [0.4, 0.5) is 5.69 Å². The SMILES string of the molecule is Cc1ccc(C)c(OCCCC(C)(C)C(=O)CCC(=O)c2ccc([N+](=O)[O-])cc2)c1. The highest BCUT2D eigenvalue weighted by molar-refractivity contribution is 5.98. The lowest BCUT2D eigenvalue weighted by molar-refractivity contribution is -0.384. The number of carbonyl (C=O) groups is 2. The summed E-state index contributed by atoms with van der Waals surface area (Å²) in [5.41, 5.74) is 2.00. The molecule has 6 heteroatoms. The number of Topliss-reactive ketones (excluding diaryl/α,β-unsaturated/α-hetero) is 2. The molecule has 0 saturated carbocycles. The Labute approximate surface area is 177 Å². The summed E-state index contributed by atoms with van der Waals surface area (Å²) in [4.78, 5) is 35.1. The molecular formula is C24H29NO5. The Kier molecular flexibility index (Phi) is 7.86. The Morgan fingerprint density at radius 3 is 2.33 bits per heavy atom. The number of nitrogens with zero attached hydrogens (tertiary/aromatic N) is 1. The zero-order valence-corrected chi connectivity index (χ0v) is 18.1. The van der Waals surface area contributed by atoms with Gasteiger partial charge in [-0.2, -0.15) is 0 Å². The molecule has 0 fully saturated rings. The molecule has 0 aromatic heterocycles. The third kappa shape index (κ3) is 6.51. The smallest absolute Gasteiger partial charge is 0.269 e. The summed E-state index contributed by atoms with van der Waals surface area (Å²) in [6.07, 6.45) is 1.66. The zero-order valence-electron chi connectivity index (χ0n) is 18.1. The average Bonchev–Trinajstić information content (AvgIpc) is 2.71. The Morgan fingerprint density at radius 1 is 1.03 bits per heavy atom. The molecule has 0 aliphatic carbocycles. The second-order valence-corrected chi connectivity index (χ2v) is 8.26. The van der Waals surface area contributed by atoms with Gasteiger partial charge in [-0.15, -0.1) is 0 Å². The number of aryl methyl sites for hydroxylation is 2. The van der Waals surface area contributed by atoms with Gasteiger partial charge in [0.15, 0.2) is 5.78 Å². The summed E-state index contributed by atoms with van der Waals surface area (Å²) < 4.78 is 5.86. The van der Waals surface area contributed by atoms with E-state index in [4.69, 9.17) is 4.74 Å². The van der Waals surface area contributed by atoms with Gasteiger partial charge in [0.2, 0.25) is 0 Å². The van der Waals surface area contributed by atoms with Gasteiger partial charge in [-0.3, -0.25) is 19.7 Å². The van der Waals surface area contributed by atoms with Crippen LogP contribution in [0, 0.1) is 29.4 Å². The molecule has 0 atom stereocenters. The summed E-state index contributed by atoms with van der Waals surface area (Å²) in [7, 11) is 0. The predicted molar refractivity (Wildman–Crippen MR) is 116 cm³/mol. The molecule has 0 bridgehead atoms. The number of rotatable bonds is 11. The normalized spacial score (nSPS) is 11.2. The number of ketones is 2. The van der Waals surface area contributed by atoms with Crippen molar-refractivity contribution < 1.29 is 19.2 Å². The maximum Gasteiger partial charge on any atom is 0.269 e. The van der Waals surface area contributed by atoms with E-state index in [0.717, 1.165) is 23.3 Å². The molecule has 0 N–H and O–H groups in total. The van der Waals surface area contributed by atoms with E-state index in [2.05, 4.69) is 0 Å². The van der Waals surface area contributed by atoms with Crippen LogP contribution in [-0.4, -0.2) is 23.1 Å². The van der Waals surface area contributed by atoms with Crippen molar-refractivity contribution in [3.63, 3.8) is 0 Å². The number of hydrogen-bond acceptors (Lipinski definition) is 5. The molecule has 0 saturated heterocycles. The van der Waals surface area contributed by atoms with Crippen molar-refractivity contribution in [2.75, 3.05) is 6.61 Å². The first kappa shape index (κ1) is 23.3. The van der Waals surface area contributed by atoms with Crippen molar-refractivity contribution in [3.8, 4) is 5.75 Å². The molecule has 6 nitrogen and oxygen atoms in total. The topological polar surface area (TPSA) is 86.5 Å². The number of carbonyl (C=O) groups excluding carboxylic acids is 2. The summed E-state index contributed by atoms with van der Waals surface area (Å²) in [5, 5.41) is 10.7. The zero-order chi connectivity index (χ0) is 22.3. The molecule has 160 valence electrons. The average molecular weight is 411 g/mol. The first-order chi connectivity index (χ1) is 14.1. The van der Waals surface area contributed by atoms with E-state index >= 15 is 0 Å². The Bertz CT molecular complexity index is 916. The summed E-state index contributed by atoms with van der Waals surface area (Å²) in [6.45, 7) is 8.34. The lowest BCUT2D eigenvalue weighted by Gasteiger charge is -2.23. The maximum absolute atomic E-state index is 12.6. The molecule has 0 spiro atoms. The van der Waals surface area contributed by atoms with Gasteiger partial charge in [-0.05, 0) is 56.0 Å². The van der Waals surface area contributed by atoms with Crippen LogP contribution in [0.5, 0.6) is 5.75 Å². The predicted octanol–water partition coefficient (Wildman–Crippen LogP) is 5.63. The highest BCUT2D eigenvalue weighted by Crippen LogP contribution is 2.27. The fourth-order valence-electron chi connectivity index (χ4n) is 3.18. The molecular weight excluding hydrogens is 382 g/mol. The summed E-state index contributed by atoms with van der Waals surface area (Å²) >= 11 is 0. The molecule has 0 aliphatic rings. The van der Waals surface area contributed by atoms with Gasteiger partial charge in [0.1, 0.15) is 11.5 Å². The van der Waals surface area contributed by atoms with E-state index in [1.54, 1.807) is 0 Å². The Balaban J connectivity index is 1.79. The first-order valence-corrected chi connectivity index (χ1v) is 10.1. The number of hydrogen-bond donors (Lipinski definition) is 0. The van der Waals surface area contributed by atoms with E-state index < -0.39 is 10.3 Å².